The summed E-state index contributed by atoms with van der Waals surface area (Å²) in [6.07, 6.45) is 5.49. The van der Waals surface area contributed by atoms with E-state index in [1.54, 1.807) is 13.0 Å². The van der Waals surface area contributed by atoms with Crippen LogP contribution < -0.4 is 0 Å². The molecule has 6 rings (SSSR count). The summed E-state index contributed by atoms with van der Waals surface area (Å²) in [5.74, 6) is 0.714. The molecule has 0 aliphatic carbocycles. The Kier molecular flexibility index (Phi) is 21.2. The van der Waals surface area contributed by atoms with Crippen molar-refractivity contribution in [1.29, 1.82) is 0 Å². The Balaban J connectivity index is 0.000000306. The van der Waals surface area contributed by atoms with Crippen LogP contribution in [-0.4, -0.2) is 15.0 Å². The molecule has 0 fully saturated rings. The van der Waals surface area contributed by atoms with E-state index in [0.717, 1.165) is 33.2 Å². The molecule has 3 nitrogen and oxygen atoms in total. The number of hydrogen-bond acceptors (Lipinski definition) is 3. The molecule has 2 heterocycles. The van der Waals surface area contributed by atoms with Crippen LogP contribution in [0.25, 0.3) is 0 Å². The lowest BCUT2D eigenvalue weighted by Gasteiger charge is -1.96. The lowest BCUT2D eigenvalue weighted by molar-refractivity contribution is 0.617. The van der Waals surface area contributed by atoms with Gasteiger partial charge < -0.3 is 0 Å². The van der Waals surface area contributed by atoms with Gasteiger partial charge in [0.05, 0.1) is 0 Å². The van der Waals surface area contributed by atoms with E-state index in [4.69, 9.17) is 11.6 Å². The maximum absolute atomic E-state index is 12.6. The molecule has 6 aromatic rings. The Bertz CT molecular complexity index is 1590. The molecule has 0 spiro atoms. The van der Waals surface area contributed by atoms with Crippen molar-refractivity contribution >= 4 is 27.5 Å². The molecule has 0 bridgehead atoms. The maximum atomic E-state index is 12.6. The average molecular weight is 771 g/mol. The molecule has 0 unspecified atom stereocenters. The minimum atomic E-state index is -0.116. The van der Waals surface area contributed by atoms with Crippen LogP contribution in [0.1, 0.15) is 67.2 Å². The summed E-state index contributed by atoms with van der Waals surface area (Å²) in [6.45, 7) is 23.9. The van der Waals surface area contributed by atoms with Crippen molar-refractivity contribution in [3.63, 3.8) is 0 Å². The molecule has 51 heavy (non-hydrogen) atoms. The highest BCUT2D eigenvalue weighted by molar-refractivity contribution is 9.10. The SMILES string of the molecule is Cc1ccc(C)c(Br)c1.Cc1ccc(C)c(Cl)c1.Cc1ccc(C)c(F)c1.Cc1ccc(C)cc1.Cc1ccc(C)nc1.Cc1cnc(C)nc1. The largest absolute Gasteiger partial charge is 0.261 e. The monoisotopic (exact) mass is 769 g/mol. The zero-order valence-corrected chi connectivity index (χ0v) is 34.7. The summed E-state index contributed by atoms with van der Waals surface area (Å²) < 4.78 is 13.8. The molecule has 0 amide bonds. The number of nitrogens with zero attached hydrogens (tertiary/aromatic N) is 3. The first-order valence-corrected chi connectivity index (χ1v) is 18.0. The quantitative estimate of drug-likeness (QED) is 0.154. The van der Waals surface area contributed by atoms with Gasteiger partial charge in [-0.15, -0.1) is 0 Å². The molecular formula is C45H54BrClFN3. The predicted molar refractivity (Wildman–Crippen MR) is 222 cm³/mol. The third kappa shape index (κ3) is 20.9. The number of benzene rings is 4. The molecule has 0 aliphatic heterocycles. The number of aromatic nitrogens is 3. The Hall–Kier alpha value is -4.19. The highest BCUT2D eigenvalue weighted by atomic mass is 79.9. The third-order valence-electron chi connectivity index (χ3n) is 7.17. The van der Waals surface area contributed by atoms with Crippen LogP contribution in [0.3, 0.4) is 0 Å². The van der Waals surface area contributed by atoms with Crippen molar-refractivity contribution in [2.24, 2.45) is 0 Å². The van der Waals surface area contributed by atoms with E-state index in [1.807, 2.05) is 91.3 Å². The summed E-state index contributed by atoms with van der Waals surface area (Å²) in [5.41, 5.74) is 12.7. The van der Waals surface area contributed by atoms with E-state index in [9.17, 15) is 4.39 Å². The molecule has 2 aromatic heterocycles. The summed E-state index contributed by atoms with van der Waals surface area (Å²) in [6, 6.07) is 30.2. The molecule has 0 N–H and O–H groups in total. The molecule has 6 heteroatoms. The molecule has 270 valence electrons. The summed E-state index contributed by atoms with van der Waals surface area (Å²) >= 11 is 9.26. The Labute approximate surface area is 320 Å². The Morgan fingerprint density at radius 1 is 0.431 bits per heavy atom. The first kappa shape index (κ1) is 44.8. The fraction of sp³-hybridized carbons (Fsp3) is 0.267. The van der Waals surface area contributed by atoms with E-state index in [-0.39, 0.29) is 5.82 Å². The summed E-state index contributed by atoms with van der Waals surface area (Å²) in [7, 11) is 0. The van der Waals surface area contributed by atoms with Gasteiger partial charge in [0, 0.05) is 33.8 Å². The Morgan fingerprint density at radius 2 is 0.843 bits per heavy atom. The van der Waals surface area contributed by atoms with Crippen LogP contribution in [0.5, 0.6) is 0 Å². The molecule has 0 saturated carbocycles. The topological polar surface area (TPSA) is 38.7 Å². The molecule has 4 aromatic carbocycles. The second-order valence-corrected chi connectivity index (χ2v) is 14.0. The van der Waals surface area contributed by atoms with E-state index < -0.39 is 0 Å². The van der Waals surface area contributed by atoms with Crippen molar-refractivity contribution in [2.45, 2.75) is 83.1 Å². The molecule has 0 radical (unpaired) electrons. The highest BCUT2D eigenvalue weighted by Crippen LogP contribution is 2.17. The number of pyridine rings is 1. The zero-order valence-electron chi connectivity index (χ0n) is 32.4. The van der Waals surface area contributed by atoms with Gasteiger partial charge in [0.25, 0.3) is 0 Å². The van der Waals surface area contributed by atoms with E-state index in [1.165, 1.54) is 43.9 Å². The van der Waals surface area contributed by atoms with Crippen molar-refractivity contribution < 1.29 is 4.39 Å². The standard InChI is InChI=1S/C8H9Br.C8H9Cl.C8H9F.C8H10.C7H9N.C6H8N2/c3*1-6-3-4-7(2)8(9)5-6;1-7-3-5-8(2)6-4-7;1-6-3-4-7(2)8-5-6;1-5-3-7-6(2)8-4-5/h3*3-5H,1-2H3;3-6H,1-2H3;3-5H,1-2H3;3-4H,1-2H3. The van der Waals surface area contributed by atoms with Gasteiger partial charge in [-0.05, 0) is 152 Å². The number of hydrogen-bond donors (Lipinski definition) is 0. The van der Waals surface area contributed by atoms with Crippen molar-refractivity contribution in [3.8, 4) is 0 Å². The smallest absolute Gasteiger partial charge is 0.126 e. The summed E-state index contributed by atoms with van der Waals surface area (Å²) in [5, 5.41) is 0.856. The average Bonchev–Trinajstić information content (AvgIpc) is 3.08. The molecule has 0 saturated heterocycles. The van der Waals surface area contributed by atoms with Gasteiger partial charge in [-0.1, -0.05) is 105 Å². The molecular weight excluding hydrogens is 717 g/mol. The van der Waals surface area contributed by atoms with Crippen LogP contribution in [0.4, 0.5) is 4.39 Å². The fourth-order valence-corrected chi connectivity index (χ4v) is 4.46. The fourth-order valence-electron chi connectivity index (χ4n) is 3.73. The van der Waals surface area contributed by atoms with Gasteiger partial charge in [-0.25, -0.2) is 14.4 Å². The van der Waals surface area contributed by atoms with Crippen LogP contribution >= 0.6 is 27.5 Å². The first-order valence-electron chi connectivity index (χ1n) is 16.8. The van der Waals surface area contributed by atoms with Crippen LogP contribution in [0.15, 0.2) is 114 Å². The van der Waals surface area contributed by atoms with E-state index >= 15 is 0 Å². The zero-order chi connectivity index (χ0) is 38.5. The number of rotatable bonds is 0. The summed E-state index contributed by atoms with van der Waals surface area (Å²) in [4.78, 5) is 12.0. The normalized spacial score (nSPS) is 9.47. The molecule has 0 aliphatic rings. The second-order valence-electron chi connectivity index (χ2n) is 12.7. The van der Waals surface area contributed by atoms with Gasteiger partial charge in [-0.2, -0.15) is 0 Å². The van der Waals surface area contributed by atoms with Crippen LogP contribution in [-0.2, 0) is 0 Å². The van der Waals surface area contributed by atoms with Crippen molar-refractivity contribution in [1.82, 2.24) is 15.0 Å². The number of aryl methyl sites for hydroxylation is 12. The minimum absolute atomic E-state index is 0.116. The second kappa shape index (κ2) is 24.1. The number of halogens is 3. The van der Waals surface area contributed by atoms with Gasteiger partial charge in [-0.3, -0.25) is 4.98 Å². The third-order valence-corrected chi connectivity index (χ3v) is 8.43. The van der Waals surface area contributed by atoms with Crippen molar-refractivity contribution in [3.05, 3.63) is 192 Å². The van der Waals surface area contributed by atoms with Gasteiger partial charge >= 0.3 is 0 Å². The Morgan fingerprint density at radius 3 is 1.20 bits per heavy atom. The lowest BCUT2D eigenvalue weighted by atomic mass is 10.2. The van der Waals surface area contributed by atoms with Gasteiger partial charge in [0.2, 0.25) is 0 Å². The van der Waals surface area contributed by atoms with Gasteiger partial charge in [0.15, 0.2) is 0 Å². The maximum Gasteiger partial charge on any atom is 0.126 e. The van der Waals surface area contributed by atoms with Crippen LogP contribution in [0, 0.1) is 88.9 Å². The first-order chi connectivity index (χ1) is 24.0. The van der Waals surface area contributed by atoms with E-state index in [0.29, 0.717) is 5.56 Å². The molecule has 0 atom stereocenters. The van der Waals surface area contributed by atoms with E-state index in [2.05, 4.69) is 113 Å². The minimum Gasteiger partial charge on any atom is -0.261 e. The van der Waals surface area contributed by atoms with Crippen molar-refractivity contribution in [2.75, 3.05) is 0 Å². The van der Waals surface area contributed by atoms with Gasteiger partial charge in [0.1, 0.15) is 11.6 Å². The van der Waals surface area contributed by atoms with Crippen LogP contribution in [0.2, 0.25) is 5.02 Å². The highest BCUT2D eigenvalue weighted by Gasteiger charge is 1.94. The lowest BCUT2D eigenvalue weighted by Crippen LogP contribution is -1.84. The predicted octanol–water partition coefficient (Wildman–Crippen LogP) is 13.6.